The Balaban J connectivity index is 2.43. The highest BCUT2D eigenvalue weighted by Crippen LogP contribution is 2.19. The summed E-state index contributed by atoms with van der Waals surface area (Å²) in [7, 11) is 1.72. The van der Waals surface area contributed by atoms with Crippen molar-refractivity contribution in [3.8, 4) is 5.75 Å². The lowest BCUT2D eigenvalue weighted by Crippen LogP contribution is -2.18. The molecule has 0 aromatic heterocycles. The zero-order chi connectivity index (χ0) is 13.6. The van der Waals surface area contributed by atoms with Gasteiger partial charge in [0.1, 0.15) is 6.61 Å². The van der Waals surface area contributed by atoms with Crippen molar-refractivity contribution in [1.82, 2.24) is 5.32 Å². The fourth-order valence-electron chi connectivity index (χ4n) is 1.28. The van der Waals surface area contributed by atoms with Crippen molar-refractivity contribution in [2.45, 2.75) is 12.9 Å². The van der Waals surface area contributed by atoms with Crippen LogP contribution in [0.2, 0.25) is 0 Å². The molecule has 0 spiro atoms. The fraction of sp³-hybridized carbons (Fsp3) is 0.455. The Labute approximate surface area is 102 Å². The van der Waals surface area contributed by atoms with E-state index in [1.54, 1.807) is 13.1 Å². The van der Waals surface area contributed by atoms with Crippen LogP contribution in [0.25, 0.3) is 0 Å². The Morgan fingerprint density at radius 3 is 2.50 bits per heavy atom. The molecule has 0 radical (unpaired) electrons. The summed E-state index contributed by atoms with van der Waals surface area (Å²) in [6.45, 7) is -0.558. The summed E-state index contributed by atoms with van der Waals surface area (Å²) < 4.78 is 56.7. The summed E-state index contributed by atoms with van der Waals surface area (Å²) in [5.41, 5.74) is 0.717. The molecule has 0 aliphatic rings. The van der Waals surface area contributed by atoms with Gasteiger partial charge in [0.15, 0.2) is 11.6 Å². The van der Waals surface area contributed by atoms with Crippen molar-refractivity contribution in [3.05, 3.63) is 29.6 Å². The molecule has 0 atom stereocenters. The van der Waals surface area contributed by atoms with Gasteiger partial charge in [-0.1, -0.05) is 6.07 Å². The molecule has 0 aliphatic heterocycles. The first-order valence-electron chi connectivity index (χ1n) is 5.19. The standard InChI is InChI=1S/C11H13F4NO2/c1-16-7-8-2-3-10(9(12)6-8)17-4-5-18-11(13,14)15/h2-3,6,16H,4-5,7H2,1H3. The van der Waals surface area contributed by atoms with E-state index in [-0.39, 0.29) is 12.4 Å². The Kier molecular flexibility index (Phi) is 5.36. The van der Waals surface area contributed by atoms with Gasteiger partial charge in [-0.3, -0.25) is 4.74 Å². The van der Waals surface area contributed by atoms with Crippen LogP contribution in [0, 0.1) is 5.82 Å². The van der Waals surface area contributed by atoms with Crippen LogP contribution in [0.5, 0.6) is 5.75 Å². The molecule has 0 amide bonds. The van der Waals surface area contributed by atoms with Crippen LogP contribution in [-0.2, 0) is 11.3 Å². The topological polar surface area (TPSA) is 30.5 Å². The minimum Gasteiger partial charge on any atom is -0.488 e. The van der Waals surface area contributed by atoms with E-state index >= 15 is 0 Å². The molecule has 1 aromatic rings. The molecule has 3 nitrogen and oxygen atoms in total. The Bertz CT molecular complexity index is 382. The third-order valence-corrected chi connectivity index (χ3v) is 1.98. The lowest BCUT2D eigenvalue weighted by atomic mass is 10.2. The van der Waals surface area contributed by atoms with Gasteiger partial charge in [-0.2, -0.15) is 0 Å². The molecule has 1 N–H and O–H groups in total. The van der Waals surface area contributed by atoms with E-state index in [4.69, 9.17) is 4.74 Å². The number of nitrogens with one attached hydrogen (secondary N) is 1. The minimum atomic E-state index is -4.70. The quantitative estimate of drug-likeness (QED) is 0.634. The molecule has 1 rings (SSSR count). The largest absolute Gasteiger partial charge is 0.522 e. The first kappa shape index (κ1) is 14.7. The highest BCUT2D eigenvalue weighted by molar-refractivity contribution is 5.29. The van der Waals surface area contributed by atoms with E-state index in [0.29, 0.717) is 12.1 Å². The summed E-state index contributed by atoms with van der Waals surface area (Å²) in [5.74, 6) is -0.713. The highest BCUT2D eigenvalue weighted by atomic mass is 19.4. The average molecular weight is 267 g/mol. The highest BCUT2D eigenvalue weighted by Gasteiger charge is 2.28. The number of ether oxygens (including phenoxy) is 2. The van der Waals surface area contributed by atoms with Crippen molar-refractivity contribution in [2.75, 3.05) is 20.3 Å². The zero-order valence-electron chi connectivity index (χ0n) is 9.68. The van der Waals surface area contributed by atoms with E-state index in [1.807, 2.05) is 0 Å². The summed E-state index contributed by atoms with van der Waals surface area (Å²) in [6, 6.07) is 4.26. The van der Waals surface area contributed by atoms with Crippen molar-refractivity contribution >= 4 is 0 Å². The second-order valence-corrected chi connectivity index (χ2v) is 3.44. The smallest absolute Gasteiger partial charge is 0.488 e. The number of benzene rings is 1. The number of alkyl halides is 3. The van der Waals surface area contributed by atoms with E-state index in [1.165, 1.54) is 12.1 Å². The van der Waals surface area contributed by atoms with Gasteiger partial charge in [-0.15, -0.1) is 13.2 Å². The summed E-state index contributed by atoms with van der Waals surface area (Å²) >= 11 is 0. The first-order valence-corrected chi connectivity index (χ1v) is 5.19. The fourth-order valence-corrected chi connectivity index (χ4v) is 1.28. The number of rotatable bonds is 6. The Morgan fingerprint density at radius 1 is 1.22 bits per heavy atom. The third-order valence-electron chi connectivity index (χ3n) is 1.98. The van der Waals surface area contributed by atoms with Gasteiger partial charge < -0.3 is 10.1 Å². The Morgan fingerprint density at radius 2 is 1.94 bits per heavy atom. The van der Waals surface area contributed by atoms with Crippen LogP contribution < -0.4 is 10.1 Å². The number of halogens is 4. The average Bonchev–Trinajstić information content (AvgIpc) is 2.26. The molecule has 0 unspecified atom stereocenters. The number of hydrogen-bond donors (Lipinski definition) is 1. The van der Waals surface area contributed by atoms with Crippen LogP contribution in [-0.4, -0.2) is 26.6 Å². The zero-order valence-corrected chi connectivity index (χ0v) is 9.68. The second-order valence-electron chi connectivity index (χ2n) is 3.44. The van der Waals surface area contributed by atoms with E-state index in [2.05, 4.69) is 10.1 Å². The van der Waals surface area contributed by atoms with Crippen LogP contribution in [0.3, 0.4) is 0 Å². The molecule has 1 aromatic carbocycles. The van der Waals surface area contributed by atoms with Gasteiger partial charge in [-0.05, 0) is 24.7 Å². The molecule has 0 heterocycles. The molecular weight excluding hydrogens is 254 g/mol. The van der Waals surface area contributed by atoms with Crippen LogP contribution in [0.4, 0.5) is 17.6 Å². The van der Waals surface area contributed by atoms with Gasteiger partial charge in [-0.25, -0.2) is 4.39 Å². The van der Waals surface area contributed by atoms with Gasteiger partial charge in [0.25, 0.3) is 0 Å². The molecule has 0 saturated carbocycles. The molecule has 0 aliphatic carbocycles. The van der Waals surface area contributed by atoms with E-state index in [9.17, 15) is 17.6 Å². The first-order chi connectivity index (χ1) is 8.42. The van der Waals surface area contributed by atoms with Gasteiger partial charge in [0.05, 0.1) is 6.61 Å². The van der Waals surface area contributed by atoms with Gasteiger partial charge in [0.2, 0.25) is 0 Å². The lowest BCUT2D eigenvalue weighted by Gasteiger charge is -2.10. The van der Waals surface area contributed by atoms with Gasteiger partial charge in [0, 0.05) is 6.54 Å². The normalized spacial score (nSPS) is 11.6. The van der Waals surface area contributed by atoms with Crippen LogP contribution in [0.15, 0.2) is 18.2 Å². The summed E-state index contributed by atoms with van der Waals surface area (Å²) in [4.78, 5) is 0. The molecule has 0 bridgehead atoms. The van der Waals surface area contributed by atoms with E-state index < -0.39 is 18.8 Å². The lowest BCUT2D eigenvalue weighted by molar-refractivity contribution is -0.325. The Hall–Kier alpha value is -1.34. The van der Waals surface area contributed by atoms with Crippen molar-refractivity contribution in [1.29, 1.82) is 0 Å². The maximum absolute atomic E-state index is 13.4. The predicted octanol–water partition coefficient (Wildman–Crippen LogP) is 2.46. The predicted molar refractivity (Wildman–Crippen MR) is 56.7 cm³/mol. The van der Waals surface area contributed by atoms with Crippen molar-refractivity contribution in [3.63, 3.8) is 0 Å². The maximum Gasteiger partial charge on any atom is 0.522 e. The molecule has 102 valence electrons. The molecule has 7 heteroatoms. The van der Waals surface area contributed by atoms with Crippen molar-refractivity contribution < 1.29 is 27.0 Å². The number of hydrogen-bond acceptors (Lipinski definition) is 3. The molecular formula is C11H13F4NO2. The summed E-state index contributed by atoms with van der Waals surface area (Å²) in [6.07, 6.45) is -4.70. The molecule has 18 heavy (non-hydrogen) atoms. The minimum absolute atomic E-state index is 0.0966. The van der Waals surface area contributed by atoms with Crippen LogP contribution in [0.1, 0.15) is 5.56 Å². The molecule has 0 saturated heterocycles. The van der Waals surface area contributed by atoms with E-state index in [0.717, 1.165) is 0 Å². The maximum atomic E-state index is 13.4. The molecule has 0 fully saturated rings. The van der Waals surface area contributed by atoms with Crippen molar-refractivity contribution in [2.24, 2.45) is 0 Å². The van der Waals surface area contributed by atoms with Crippen LogP contribution >= 0.6 is 0 Å². The SMILES string of the molecule is CNCc1ccc(OCCOC(F)(F)F)c(F)c1. The summed E-state index contributed by atoms with van der Waals surface area (Å²) in [5, 5.41) is 2.85. The monoisotopic (exact) mass is 267 g/mol. The van der Waals surface area contributed by atoms with Gasteiger partial charge >= 0.3 is 6.36 Å². The third kappa shape index (κ3) is 5.33. The second kappa shape index (κ2) is 6.55.